The molecule has 0 radical (unpaired) electrons. The number of hydrogen-bond acceptors (Lipinski definition) is 2. The third-order valence-electron chi connectivity index (χ3n) is 3.77. The van der Waals surface area contributed by atoms with Crippen molar-refractivity contribution in [3.05, 3.63) is 29.3 Å². The topological polar surface area (TPSA) is 46.3 Å². The van der Waals surface area contributed by atoms with Crippen LogP contribution in [0.4, 0.5) is 18.9 Å². The number of halogens is 3. The number of carbonyl (C=O) groups is 1. The van der Waals surface area contributed by atoms with Crippen molar-refractivity contribution in [3.8, 4) is 0 Å². The third-order valence-corrected chi connectivity index (χ3v) is 3.77. The quantitative estimate of drug-likeness (QED) is 0.933. The van der Waals surface area contributed by atoms with Crippen LogP contribution < -0.4 is 10.6 Å². The largest absolute Gasteiger partial charge is 0.471 e. The molecule has 0 aromatic heterocycles. The molecule has 1 amide bonds. The van der Waals surface area contributed by atoms with Gasteiger partial charge in [0.25, 0.3) is 0 Å². The molecule has 1 unspecified atom stereocenters. The van der Waals surface area contributed by atoms with Crippen LogP contribution in [-0.2, 0) is 17.6 Å². The van der Waals surface area contributed by atoms with Gasteiger partial charge in [0, 0.05) is 18.3 Å². The predicted octanol–water partition coefficient (Wildman–Crippen LogP) is 2.81. The zero-order valence-corrected chi connectivity index (χ0v) is 11.9. The SMILES string of the molecule is CCC(N)Cc1ccc2c(c1)CCCN2C(=O)C(F)(F)F. The minimum Gasteiger partial charge on any atom is -0.327 e. The van der Waals surface area contributed by atoms with E-state index in [1.54, 1.807) is 12.1 Å². The van der Waals surface area contributed by atoms with Crippen molar-refractivity contribution in [2.75, 3.05) is 11.4 Å². The molecule has 1 atom stereocenters. The van der Waals surface area contributed by atoms with Crippen molar-refractivity contribution in [1.82, 2.24) is 0 Å². The molecule has 3 nitrogen and oxygen atoms in total. The lowest BCUT2D eigenvalue weighted by molar-refractivity contribution is -0.170. The van der Waals surface area contributed by atoms with Gasteiger partial charge in [-0.1, -0.05) is 19.1 Å². The van der Waals surface area contributed by atoms with Gasteiger partial charge in [-0.05, 0) is 42.9 Å². The molecule has 2 N–H and O–H groups in total. The van der Waals surface area contributed by atoms with E-state index >= 15 is 0 Å². The predicted molar refractivity (Wildman–Crippen MR) is 75.1 cm³/mol. The molecule has 2 rings (SSSR count). The Labute approximate surface area is 121 Å². The van der Waals surface area contributed by atoms with Crippen LogP contribution in [0, 0.1) is 0 Å². The Balaban J connectivity index is 2.26. The summed E-state index contributed by atoms with van der Waals surface area (Å²) in [6, 6.07) is 5.28. The van der Waals surface area contributed by atoms with Gasteiger partial charge in [-0.15, -0.1) is 0 Å². The van der Waals surface area contributed by atoms with Crippen molar-refractivity contribution >= 4 is 11.6 Å². The molecular formula is C15H19F3N2O. The highest BCUT2D eigenvalue weighted by Crippen LogP contribution is 2.31. The fourth-order valence-corrected chi connectivity index (χ4v) is 2.59. The zero-order chi connectivity index (χ0) is 15.6. The van der Waals surface area contributed by atoms with E-state index in [1.165, 1.54) is 0 Å². The lowest BCUT2D eigenvalue weighted by atomic mass is 9.96. The maximum absolute atomic E-state index is 12.6. The highest BCUT2D eigenvalue weighted by molar-refractivity contribution is 5.98. The third kappa shape index (κ3) is 3.56. The normalized spacial score (nSPS) is 16.5. The molecule has 0 aliphatic carbocycles. The second kappa shape index (κ2) is 6.05. The number of nitrogens with zero attached hydrogens (tertiary/aromatic N) is 1. The molecule has 0 saturated carbocycles. The first-order chi connectivity index (χ1) is 9.82. The van der Waals surface area contributed by atoms with Crippen LogP contribution in [0.2, 0.25) is 0 Å². The number of anilines is 1. The molecule has 1 heterocycles. The molecule has 0 saturated heterocycles. The van der Waals surface area contributed by atoms with Crippen LogP contribution in [-0.4, -0.2) is 24.7 Å². The standard InChI is InChI=1S/C15H19F3N2O/c1-2-12(19)9-10-5-6-13-11(8-10)4-3-7-20(13)14(21)15(16,17)18/h5-6,8,12H,2-4,7,9,19H2,1H3. The van der Waals surface area contributed by atoms with E-state index in [1.807, 2.05) is 13.0 Å². The summed E-state index contributed by atoms with van der Waals surface area (Å²) in [6.07, 6.45) is -2.07. The summed E-state index contributed by atoms with van der Waals surface area (Å²) in [6.45, 7) is 2.10. The maximum Gasteiger partial charge on any atom is 0.471 e. The average Bonchev–Trinajstić information content (AvgIpc) is 2.44. The van der Waals surface area contributed by atoms with Gasteiger partial charge in [-0.2, -0.15) is 13.2 Å². The number of rotatable bonds is 3. The van der Waals surface area contributed by atoms with Gasteiger partial charge < -0.3 is 10.6 Å². The van der Waals surface area contributed by atoms with Gasteiger partial charge in [-0.3, -0.25) is 4.79 Å². The van der Waals surface area contributed by atoms with E-state index in [4.69, 9.17) is 5.73 Å². The van der Waals surface area contributed by atoms with E-state index in [2.05, 4.69) is 0 Å². The first-order valence-corrected chi connectivity index (χ1v) is 7.09. The molecule has 21 heavy (non-hydrogen) atoms. The number of hydrogen-bond donors (Lipinski definition) is 1. The smallest absolute Gasteiger partial charge is 0.327 e. The lowest BCUT2D eigenvalue weighted by Gasteiger charge is -2.30. The average molecular weight is 300 g/mol. The summed E-state index contributed by atoms with van der Waals surface area (Å²) < 4.78 is 37.9. The van der Waals surface area contributed by atoms with Crippen molar-refractivity contribution < 1.29 is 18.0 Å². The molecule has 1 aliphatic rings. The van der Waals surface area contributed by atoms with E-state index in [9.17, 15) is 18.0 Å². The minimum atomic E-state index is -4.84. The summed E-state index contributed by atoms with van der Waals surface area (Å²) in [4.78, 5) is 12.3. The first kappa shape index (κ1) is 15.8. The van der Waals surface area contributed by atoms with Crippen LogP contribution >= 0.6 is 0 Å². The Morgan fingerprint density at radius 3 is 2.76 bits per heavy atom. The van der Waals surface area contributed by atoms with Crippen molar-refractivity contribution in [2.24, 2.45) is 5.73 Å². The Morgan fingerprint density at radius 1 is 1.43 bits per heavy atom. The zero-order valence-electron chi connectivity index (χ0n) is 11.9. The van der Waals surface area contributed by atoms with Gasteiger partial charge in [-0.25, -0.2) is 0 Å². The summed E-state index contributed by atoms with van der Waals surface area (Å²) in [5.41, 5.74) is 8.07. The summed E-state index contributed by atoms with van der Waals surface area (Å²) in [5.74, 6) is -1.79. The van der Waals surface area contributed by atoms with Crippen LogP contribution in [0.5, 0.6) is 0 Å². The second-order valence-corrected chi connectivity index (χ2v) is 5.39. The Bertz CT molecular complexity index is 528. The summed E-state index contributed by atoms with van der Waals surface area (Å²) >= 11 is 0. The Morgan fingerprint density at radius 2 is 2.14 bits per heavy atom. The number of alkyl halides is 3. The molecular weight excluding hydrogens is 281 g/mol. The van der Waals surface area contributed by atoms with Crippen molar-refractivity contribution in [1.29, 1.82) is 0 Å². The monoisotopic (exact) mass is 300 g/mol. The molecule has 0 fully saturated rings. The lowest BCUT2D eigenvalue weighted by Crippen LogP contribution is -2.43. The maximum atomic E-state index is 12.6. The van der Waals surface area contributed by atoms with Gasteiger partial charge in [0.1, 0.15) is 0 Å². The number of aryl methyl sites for hydroxylation is 1. The number of fused-ring (bicyclic) bond motifs is 1. The highest BCUT2D eigenvalue weighted by Gasteiger charge is 2.43. The van der Waals surface area contributed by atoms with Gasteiger partial charge in [0.05, 0.1) is 0 Å². The highest BCUT2D eigenvalue weighted by atomic mass is 19.4. The first-order valence-electron chi connectivity index (χ1n) is 7.09. The van der Waals surface area contributed by atoms with E-state index < -0.39 is 12.1 Å². The fourth-order valence-electron chi connectivity index (χ4n) is 2.59. The molecule has 116 valence electrons. The van der Waals surface area contributed by atoms with E-state index in [-0.39, 0.29) is 12.6 Å². The van der Waals surface area contributed by atoms with Crippen molar-refractivity contribution in [3.63, 3.8) is 0 Å². The molecule has 0 spiro atoms. The minimum absolute atomic E-state index is 0.0413. The second-order valence-electron chi connectivity index (χ2n) is 5.39. The molecule has 1 aromatic rings. The van der Waals surface area contributed by atoms with Crippen molar-refractivity contribution in [2.45, 2.75) is 44.8 Å². The molecule has 6 heteroatoms. The number of carbonyl (C=O) groups excluding carboxylic acids is 1. The fraction of sp³-hybridized carbons (Fsp3) is 0.533. The van der Waals surface area contributed by atoms with Gasteiger partial charge in [0.2, 0.25) is 0 Å². The van der Waals surface area contributed by atoms with Gasteiger partial charge in [0.15, 0.2) is 0 Å². The summed E-state index contributed by atoms with van der Waals surface area (Å²) in [7, 11) is 0. The van der Waals surface area contributed by atoms with Crippen LogP contribution in [0.15, 0.2) is 18.2 Å². The van der Waals surface area contributed by atoms with E-state index in [0.29, 0.717) is 24.9 Å². The van der Waals surface area contributed by atoms with Crippen LogP contribution in [0.25, 0.3) is 0 Å². The van der Waals surface area contributed by atoms with E-state index in [0.717, 1.165) is 22.4 Å². The molecule has 0 bridgehead atoms. The number of nitrogens with two attached hydrogens (primary N) is 1. The Kier molecular flexibility index (Phi) is 4.56. The van der Waals surface area contributed by atoms with Crippen LogP contribution in [0.1, 0.15) is 30.9 Å². The summed E-state index contributed by atoms with van der Waals surface area (Å²) in [5, 5.41) is 0. The Hall–Kier alpha value is -1.56. The number of benzene rings is 1. The molecule has 1 aromatic carbocycles. The van der Waals surface area contributed by atoms with Gasteiger partial charge >= 0.3 is 12.1 Å². The molecule has 1 aliphatic heterocycles. The number of amides is 1. The van der Waals surface area contributed by atoms with Crippen LogP contribution in [0.3, 0.4) is 0 Å².